The van der Waals surface area contributed by atoms with E-state index in [1.54, 1.807) is 49.4 Å². The van der Waals surface area contributed by atoms with Crippen molar-refractivity contribution in [2.75, 3.05) is 6.61 Å². The van der Waals surface area contributed by atoms with Crippen molar-refractivity contribution in [1.29, 1.82) is 0 Å². The molecule has 1 fully saturated rings. The van der Waals surface area contributed by atoms with Crippen molar-refractivity contribution in [3.05, 3.63) is 87.5 Å². The third kappa shape index (κ3) is 4.80. The molecular weight excluding hydrogens is 466 g/mol. The molecule has 162 valence electrons. The Kier molecular flexibility index (Phi) is 6.79. The van der Waals surface area contributed by atoms with E-state index in [4.69, 9.17) is 33.0 Å². The smallest absolute Gasteiger partial charge is 0.338 e. The number of benzene rings is 2. The zero-order chi connectivity index (χ0) is 22.7. The highest BCUT2D eigenvalue weighted by Gasteiger charge is 2.32. The second-order valence-electron chi connectivity index (χ2n) is 6.86. The Labute approximate surface area is 200 Å². The van der Waals surface area contributed by atoms with Gasteiger partial charge in [-0.25, -0.2) is 4.79 Å². The minimum Gasteiger partial charge on any atom is -0.462 e. The second-order valence-corrected chi connectivity index (χ2v) is 8.94. The van der Waals surface area contributed by atoms with Gasteiger partial charge in [-0.15, -0.1) is 0 Å². The number of nitrogens with zero attached hydrogens (tertiary/aromatic N) is 1. The van der Waals surface area contributed by atoms with Crippen molar-refractivity contribution in [2.45, 2.75) is 13.5 Å². The molecule has 0 radical (unpaired) electrons. The summed E-state index contributed by atoms with van der Waals surface area (Å²) >= 11 is 12.9. The largest absolute Gasteiger partial charge is 0.462 e. The van der Waals surface area contributed by atoms with Gasteiger partial charge in [0.05, 0.1) is 23.6 Å². The van der Waals surface area contributed by atoms with E-state index in [9.17, 15) is 9.59 Å². The maximum atomic E-state index is 12.9. The van der Waals surface area contributed by atoms with Crippen LogP contribution in [0.3, 0.4) is 0 Å². The molecule has 32 heavy (non-hydrogen) atoms. The van der Waals surface area contributed by atoms with Crippen LogP contribution in [-0.4, -0.2) is 27.7 Å². The van der Waals surface area contributed by atoms with Gasteiger partial charge in [-0.2, -0.15) is 0 Å². The maximum absolute atomic E-state index is 12.9. The second kappa shape index (κ2) is 9.73. The van der Waals surface area contributed by atoms with E-state index < -0.39 is 0 Å². The van der Waals surface area contributed by atoms with Crippen LogP contribution in [-0.2, 0) is 16.1 Å². The van der Waals surface area contributed by atoms with Gasteiger partial charge in [-0.05, 0) is 42.8 Å². The van der Waals surface area contributed by atoms with Crippen LogP contribution in [0.5, 0.6) is 0 Å². The van der Waals surface area contributed by atoms with Gasteiger partial charge < -0.3 is 9.15 Å². The molecule has 0 atom stereocenters. The highest BCUT2D eigenvalue weighted by molar-refractivity contribution is 8.26. The van der Waals surface area contributed by atoms with Crippen molar-refractivity contribution >= 4 is 57.9 Å². The number of hydrogen-bond acceptors (Lipinski definition) is 6. The highest BCUT2D eigenvalue weighted by Crippen LogP contribution is 2.35. The van der Waals surface area contributed by atoms with Crippen LogP contribution in [0.15, 0.2) is 70.0 Å². The monoisotopic (exact) mass is 483 g/mol. The number of carbonyl (C=O) groups excluding carboxylic acids is 2. The molecule has 1 aromatic heterocycles. The summed E-state index contributed by atoms with van der Waals surface area (Å²) in [5.41, 5.74) is 2.12. The van der Waals surface area contributed by atoms with E-state index in [2.05, 4.69) is 0 Å². The van der Waals surface area contributed by atoms with Crippen LogP contribution >= 0.6 is 35.6 Å². The van der Waals surface area contributed by atoms with Crippen LogP contribution < -0.4 is 0 Å². The van der Waals surface area contributed by atoms with E-state index in [-0.39, 0.29) is 11.9 Å². The van der Waals surface area contributed by atoms with Crippen molar-refractivity contribution in [2.24, 2.45) is 0 Å². The predicted octanol–water partition coefficient (Wildman–Crippen LogP) is 6.18. The van der Waals surface area contributed by atoms with Crippen LogP contribution in [0.2, 0.25) is 5.02 Å². The Morgan fingerprint density at radius 2 is 1.91 bits per heavy atom. The van der Waals surface area contributed by atoms with Gasteiger partial charge in [0, 0.05) is 16.7 Å². The first-order valence-electron chi connectivity index (χ1n) is 9.82. The minimum absolute atomic E-state index is 0.184. The summed E-state index contributed by atoms with van der Waals surface area (Å²) in [4.78, 5) is 26.7. The lowest BCUT2D eigenvalue weighted by Crippen LogP contribution is -2.27. The molecule has 5 nitrogen and oxygen atoms in total. The maximum Gasteiger partial charge on any atom is 0.338 e. The van der Waals surface area contributed by atoms with Gasteiger partial charge in [0.25, 0.3) is 5.91 Å². The Morgan fingerprint density at radius 3 is 2.62 bits per heavy atom. The number of carbonyl (C=O) groups is 2. The third-order valence-corrected chi connectivity index (χ3v) is 6.49. The van der Waals surface area contributed by atoms with E-state index in [1.165, 1.54) is 16.7 Å². The first kappa shape index (κ1) is 22.3. The minimum atomic E-state index is -0.363. The molecule has 4 rings (SSSR count). The number of rotatable bonds is 6. The molecule has 0 spiro atoms. The summed E-state index contributed by atoms with van der Waals surface area (Å²) in [7, 11) is 0. The molecule has 3 aromatic rings. The molecule has 2 heterocycles. The molecular formula is C24H18ClNO4S2. The van der Waals surface area contributed by atoms with Gasteiger partial charge in [0.2, 0.25) is 0 Å². The summed E-state index contributed by atoms with van der Waals surface area (Å²) in [6, 6.07) is 17.9. The number of thiocarbonyl (C=S) groups is 1. The first-order valence-corrected chi connectivity index (χ1v) is 11.4. The quantitative estimate of drug-likeness (QED) is 0.237. The van der Waals surface area contributed by atoms with Crippen molar-refractivity contribution in [3.63, 3.8) is 0 Å². The fraction of sp³-hybridized carbons (Fsp3) is 0.125. The molecule has 2 aromatic carbocycles. The topological polar surface area (TPSA) is 59.8 Å². The number of esters is 1. The normalized spacial score (nSPS) is 14.9. The van der Waals surface area contributed by atoms with Gasteiger partial charge in [0.1, 0.15) is 15.8 Å². The lowest BCUT2D eigenvalue weighted by atomic mass is 10.1. The van der Waals surface area contributed by atoms with Crippen molar-refractivity contribution in [1.82, 2.24) is 4.90 Å². The molecule has 0 unspecified atom stereocenters. The molecule has 1 aliphatic rings. The molecule has 1 saturated heterocycles. The van der Waals surface area contributed by atoms with E-state index in [1.807, 2.05) is 24.3 Å². The molecule has 1 amide bonds. The molecule has 0 saturated carbocycles. The molecule has 0 bridgehead atoms. The predicted molar refractivity (Wildman–Crippen MR) is 130 cm³/mol. The Balaban J connectivity index is 1.49. The number of hydrogen-bond donors (Lipinski definition) is 0. The first-order chi connectivity index (χ1) is 15.5. The average Bonchev–Trinajstić information content (AvgIpc) is 3.36. The lowest BCUT2D eigenvalue weighted by molar-refractivity contribution is -0.122. The average molecular weight is 484 g/mol. The molecule has 1 aliphatic heterocycles. The van der Waals surface area contributed by atoms with E-state index in [0.29, 0.717) is 44.5 Å². The Bertz CT molecular complexity index is 1220. The fourth-order valence-corrected chi connectivity index (χ4v) is 4.56. The van der Waals surface area contributed by atoms with E-state index >= 15 is 0 Å². The van der Waals surface area contributed by atoms with Crippen molar-refractivity contribution < 1.29 is 18.7 Å². The van der Waals surface area contributed by atoms with Gasteiger partial charge >= 0.3 is 5.97 Å². The van der Waals surface area contributed by atoms with Crippen LogP contribution in [0.25, 0.3) is 17.4 Å². The van der Waals surface area contributed by atoms with Crippen LogP contribution in [0, 0.1) is 0 Å². The zero-order valence-electron chi connectivity index (χ0n) is 17.0. The summed E-state index contributed by atoms with van der Waals surface area (Å²) in [6.07, 6.45) is 1.68. The summed E-state index contributed by atoms with van der Waals surface area (Å²) in [6.45, 7) is 2.41. The van der Waals surface area contributed by atoms with Crippen molar-refractivity contribution in [3.8, 4) is 11.3 Å². The Hall–Kier alpha value is -2.87. The molecule has 0 N–H and O–H groups in total. The number of furan rings is 1. The number of ether oxygens (including phenoxy) is 1. The molecule has 0 aliphatic carbocycles. The lowest BCUT2D eigenvalue weighted by Gasteiger charge is -2.15. The SMILES string of the molecule is CCOC(=O)c1ccc(-c2ccc(/C=C3\SC(=S)N(Cc4ccccc4Cl)C3=O)o2)cc1. The number of halogens is 1. The fourth-order valence-electron chi connectivity index (χ4n) is 3.13. The van der Waals surface area contributed by atoms with Gasteiger partial charge in [0.15, 0.2) is 0 Å². The summed E-state index contributed by atoms with van der Waals surface area (Å²) < 4.78 is 11.4. The Morgan fingerprint density at radius 1 is 1.16 bits per heavy atom. The zero-order valence-corrected chi connectivity index (χ0v) is 19.4. The van der Waals surface area contributed by atoms with E-state index in [0.717, 1.165) is 11.1 Å². The molecule has 8 heteroatoms. The highest BCUT2D eigenvalue weighted by atomic mass is 35.5. The van der Waals surface area contributed by atoms with Gasteiger partial charge in [-0.1, -0.05) is 65.9 Å². The van der Waals surface area contributed by atoms with Gasteiger partial charge in [-0.3, -0.25) is 9.69 Å². The number of amides is 1. The number of thioether (sulfide) groups is 1. The third-order valence-electron chi connectivity index (χ3n) is 4.74. The summed E-state index contributed by atoms with van der Waals surface area (Å²) in [5, 5.41) is 0.593. The standard InChI is InChI=1S/C24H18ClNO4S2/c1-2-29-23(28)16-9-7-15(8-10-16)20-12-11-18(30-20)13-21-22(27)26(24(31)32-21)14-17-5-3-4-6-19(17)25/h3-13H,2,14H2,1H3/b21-13-. The summed E-state index contributed by atoms with van der Waals surface area (Å²) in [5.74, 6) is 0.612. The van der Waals surface area contributed by atoms with Crippen LogP contribution in [0.1, 0.15) is 28.6 Å². The van der Waals surface area contributed by atoms with Crippen LogP contribution in [0.4, 0.5) is 0 Å².